The second-order valence-corrected chi connectivity index (χ2v) is 5.87. The van der Waals surface area contributed by atoms with Gasteiger partial charge in [0.1, 0.15) is 0 Å². The van der Waals surface area contributed by atoms with Crippen molar-refractivity contribution in [2.75, 3.05) is 39.5 Å². The van der Waals surface area contributed by atoms with Gasteiger partial charge in [-0.1, -0.05) is 6.07 Å². The summed E-state index contributed by atoms with van der Waals surface area (Å²) in [6, 6.07) is 6.48. The van der Waals surface area contributed by atoms with Crippen molar-refractivity contribution in [3.63, 3.8) is 0 Å². The maximum atomic E-state index is 5.51. The maximum Gasteiger partial charge on any atom is 0.231 e. The molecule has 19 heavy (non-hydrogen) atoms. The van der Waals surface area contributed by atoms with Crippen LogP contribution >= 0.6 is 0 Å². The fourth-order valence-corrected chi connectivity index (χ4v) is 3.21. The summed E-state index contributed by atoms with van der Waals surface area (Å²) in [5.74, 6) is 1.81. The molecule has 4 heteroatoms. The quantitative estimate of drug-likeness (QED) is 0.889. The molecule has 4 nitrogen and oxygen atoms in total. The fraction of sp³-hybridized carbons (Fsp3) is 0.600. The Morgan fingerprint density at radius 3 is 2.68 bits per heavy atom. The number of nitrogens with one attached hydrogen (secondary N) is 1. The number of fused-ring (bicyclic) bond motifs is 1. The first-order chi connectivity index (χ1) is 9.36. The van der Waals surface area contributed by atoms with Gasteiger partial charge in [-0.3, -0.25) is 4.90 Å². The lowest BCUT2D eigenvalue weighted by Crippen LogP contribution is -2.46. The van der Waals surface area contributed by atoms with E-state index in [0.717, 1.165) is 24.6 Å². The molecule has 1 saturated carbocycles. The van der Waals surface area contributed by atoms with Crippen LogP contribution in [0.25, 0.3) is 0 Å². The zero-order valence-corrected chi connectivity index (χ0v) is 11.2. The maximum absolute atomic E-state index is 5.51. The Labute approximate surface area is 113 Å². The van der Waals surface area contributed by atoms with E-state index in [1.165, 1.54) is 38.0 Å². The molecule has 1 aliphatic carbocycles. The largest absolute Gasteiger partial charge is 0.454 e. The highest BCUT2D eigenvalue weighted by Crippen LogP contribution is 2.50. The molecule has 0 aromatic heterocycles. The van der Waals surface area contributed by atoms with Gasteiger partial charge < -0.3 is 14.8 Å². The molecule has 0 atom stereocenters. The number of nitrogens with zero attached hydrogens (tertiary/aromatic N) is 1. The first-order valence-corrected chi connectivity index (χ1v) is 7.19. The second kappa shape index (κ2) is 4.39. The molecule has 0 spiro atoms. The lowest BCUT2D eigenvalue weighted by atomic mass is 9.94. The number of ether oxygens (including phenoxy) is 2. The van der Waals surface area contributed by atoms with Crippen LogP contribution < -0.4 is 14.8 Å². The third-order valence-electron chi connectivity index (χ3n) is 4.57. The molecule has 3 aliphatic rings. The summed E-state index contributed by atoms with van der Waals surface area (Å²) in [5, 5.41) is 3.42. The molecule has 2 heterocycles. The molecule has 0 amide bonds. The van der Waals surface area contributed by atoms with Crippen LogP contribution in [0.5, 0.6) is 11.5 Å². The lowest BCUT2D eigenvalue weighted by molar-refractivity contribution is 0.174. The lowest BCUT2D eigenvalue weighted by Gasteiger charge is -2.31. The molecule has 102 valence electrons. The summed E-state index contributed by atoms with van der Waals surface area (Å²) in [4.78, 5) is 2.59. The normalized spacial score (nSPS) is 24.4. The molecule has 1 N–H and O–H groups in total. The van der Waals surface area contributed by atoms with Gasteiger partial charge in [0, 0.05) is 38.1 Å². The Morgan fingerprint density at radius 2 is 1.89 bits per heavy atom. The molecule has 1 saturated heterocycles. The van der Waals surface area contributed by atoms with Crippen molar-refractivity contribution in [2.24, 2.45) is 0 Å². The van der Waals surface area contributed by atoms with Crippen molar-refractivity contribution >= 4 is 0 Å². The van der Waals surface area contributed by atoms with Crippen molar-refractivity contribution in [2.45, 2.75) is 18.3 Å². The summed E-state index contributed by atoms with van der Waals surface area (Å²) >= 11 is 0. The molecule has 2 aliphatic heterocycles. The average Bonchev–Trinajstić information content (AvgIpc) is 3.08. The molecule has 2 fully saturated rings. The van der Waals surface area contributed by atoms with Crippen molar-refractivity contribution in [1.82, 2.24) is 10.2 Å². The minimum absolute atomic E-state index is 0.365. The van der Waals surface area contributed by atoms with E-state index in [0.29, 0.717) is 12.2 Å². The number of hydrogen-bond donors (Lipinski definition) is 1. The van der Waals surface area contributed by atoms with E-state index < -0.39 is 0 Å². The Bertz CT molecular complexity index is 479. The fourth-order valence-electron chi connectivity index (χ4n) is 3.21. The molecule has 1 aromatic rings. The SMILES string of the molecule is c1cc2c(cc1C1(CN3CCNCC3)CC1)OCO2. The summed E-state index contributed by atoms with van der Waals surface area (Å²) < 4.78 is 10.9. The van der Waals surface area contributed by atoms with E-state index in [1.807, 2.05) is 0 Å². The Kier molecular flexibility index (Phi) is 2.67. The van der Waals surface area contributed by atoms with Crippen molar-refractivity contribution in [3.8, 4) is 11.5 Å². The highest BCUT2D eigenvalue weighted by atomic mass is 16.7. The smallest absolute Gasteiger partial charge is 0.231 e. The molecule has 4 rings (SSSR count). The second-order valence-electron chi connectivity index (χ2n) is 5.87. The molecule has 0 bridgehead atoms. The van der Waals surface area contributed by atoms with Crippen molar-refractivity contribution < 1.29 is 9.47 Å². The van der Waals surface area contributed by atoms with Crippen LogP contribution in [0.15, 0.2) is 18.2 Å². The van der Waals surface area contributed by atoms with Gasteiger partial charge in [0.25, 0.3) is 0 Å². The van der Waals surface area contributed by atoms with Crippen LogP contribution in [-0.4, -0.2) is 44.4 Å². The Balaban J connectivity index is 1.54. The topological polar surface area (TPSA) is 33.7 Å². The first-order valence-electron chi connectivity index (χ1n) is 7.19. The van der Waals surface area contributed by atoms with Crippen LogP contribution in [0.1, 0.15) is 18.4 Å². The Morgan fingerprint density at radius 1 is 1.11 bits per heavy atom. The molecule has 0 unspecified atom stereocenters. The Hall–Kier alpha value is -1.26. The number of piperazine rings is 1. The number of benzene rings is 1. The standard InChI is InChI=1S/C15H20N2O2/c1-2-13-14(19-11-18-13)9-12(1)15(3-4-15)10-17-7-5-16-6-8-17/h1-2,9,16H,3-8,10-11H2. The summed E-state index contributed by atoms with van der Waals surface area (Å²) in [6.07, 6.45) is 2.60. The van der Waals surface area contributed by atoms with E-state index >= 15 is 0 Å². The summed E-state index contributed by atoms with van der Waals surface area (Å²) in [7, 11) is 0. The van der Waals surface area contributed by atoms with Gasteiger partial charge in [-0.2, -0.15) is 0 Å². The third-order valence-corrected chi connectivity index (χ3v) is 4.57. The highest BCUT2D eigenvalue weighted by Gasteiger charge is 2.45. The molecule has 1 aromatic carbocycles. The van der Waals surface area contributed by atoms with Crippen molar-refractivity contribution in [1.29, 1.82) is 0 Å². The molecule has 0 radical (unpaired) electrons. The van der Waals surface area contributed by atoms with Gasteiger partial charge in [-0.15, -0.1) is 0 Å². The number of rotatable bonds is 3. The highest BCUT2D eigenvalue weighted by molar-refractivity contribution is 5.48. The molecular formula is C15H20N2O2. The van der Waals surface area contributed by atoms with E-state index in [1.54, 1.807) is 0 Å². The monoisotopic (exact) mass is 260 g/mol. The first kappa shape index (κ1) is 11.6. The van der Waals surface area contributed by atoms with Crippen LogP contribution in [0.4, 0.5) is 0 Å². The van der Waals surface area contributed by atoms with Crippen LogP contribution in [-0.2, 0) is 5.41 Å². The summed E-state index contributed by atoms with van der Waals surface area (Å²) in [6.45, 7) is 6.14. The predicted octanol–water partition coefficient (Wildman–Crippen LogP) is 1.35. The van der Waals surface area contributed by atoms with Crippen LogP contribution in [0.3, 0.4) is 0 Å². The van der Waals surface area contributed by atoms with Crippen LogP contribution in [0.2, 0.25) is 0 Å². The van der Waals surface area contributed by atoms with Gasteiger partial charge in [0.05, 0.1) is 0 Å². The zero-order chi connectivity index (χ0) is 12.7. The van der Waals surface area contributed by atoms with Gasteiger partial charge in [-0.05, 0) is 30.5 Å². The van der Waals surface area contributed by atoms with Crippen LogP contribution in [0, 0.1) is 0 Å². The van der Waals surface area contributed by atoms with E-state index in [9.17, 15) is 0 Å². The minimum atomic E-state index is 0.365. The molecular weight excluding hydrogens is 240 g/mol. The minimum Gasteiger partial charge on any atom is -0.454 e. The predicted molar refractivity (Wildman–Crippen MR) is 72.8 cm³/mol. The number of hydrogen-bond acceptors (Lipinski definition) is 4. The average molecular weight is 260 g/mol. The zero-order valence-electron chi connectivity index (χ0n) is 11.2. The van der Waals surface area contributed by atoms with Gasteiger partial charge in [-0.25, -0.2) is 0 Å². The van der Waals surface area contributed by atoms with Gasteiger partial charge in [0.15, 0.2) is 11.5 Å². The van der Waals surface area contributed by atoms with Gasteiger partial charge in [0.2, 0.25) is 6.79 Å². The van der Waals surface area contributed by atoms with E-state index in [4.69, 9.17) is 9.47 Å². The summed E-state index contributed by atoms with van der Waals surface area (Å²) in [5.41, 5.74) is 1.80. The van der Waals surface area contributed by atoms with Crippen molar-refractivity contribution in [3.05, 3.63) is 23.8 Å². The van der Waals surface area contributed by atoms with E-state index in [-0.39, 0.29) is 0 Å². The van der Waals surface area contributed by atoms with E-state index in [2.05, 4.69) is 28.4 Å². The third kappa shape index (κ3) is 2.09. The van der Waals surface area contributed by atoms with Gasteiger partial charge >= 0.3 is 0 Å².